The van der Waals surface area contributed by atoms with Crippen LogP contribution in [0.15, 0.2) is 0 Å². The van der Waals surface area contributed by atoms with E-state index in [0.717, 1.165) is 12.8 Å². The SMILES string of the molecule is CC(C)OCCCCNC(=O)C(=O)NN. The van der Waals surface area contributed by atoms with Crippen molar-refractivity contribution in [1.29, 1.82) is 0 Å². The van der Waals surface area contributed by atoms with Gasteiger partial charge in [-0.15, -0.1) is 0 Å². The zero-order valence-corrected chi connectivity index (χ0v) is 9.21. The lowest BCUT2D eigenvalue weighted by molar-refractivity contribution is -0.139. The Kier molecular flexibility index (Phi) is 7.57. The minimum absolute atomic E-state index is 0.225. The van der Waals surface area contributed by atoms with Crippen LogP contribution in [0.25, 0.3) is 0 Å². The molecule has 0 aliphatic carbocycles. The molecular formula is C9H19N3O3. The molecule has 0 aromatic heterocycles. The van der Waals surface area contributed by atoms with Gasteiger partial charge in [0.1, 0.15) is 0 Å². The van der Waals surface area contributed by atoms with E-state index in [1.54, 1.807) is 5.43 Å². The number of hydrazine groups is 1. The van der Waals surface area contributed by atoms with Gasteiger partial charge in [0.15, 0.2) is 0 Å². The van der Waals surface area contributed by atoms with E-state index in [1.807, 2.05) is 13.8 Å². The molecule has 0 spiro atoms. The van der Waals surface area contributed by atoms with Crippen LogP contribution >= 0.6 is 0 Å². The van der Waals surface area contributed by atoms with E-state index in [2.05, 4.69) is 5.32 Å². The first-order valence-electron chi connectivity index (χ1n) is 4.98. The topological polar surface area (TPSA) is 93.4 Å². The molecule has 0 unspecified atom stereocenters. The van der Waals surface area contributed by atoms with Crippen LogP contribution in [-0.4, -0.2) is 31.1 Å². The molecule has 0 saturated carbocycles. The highest BCUT2D eigenvalue weighted by Crippen LogP contribution is 1.93. The van der Waals surface area contributed by atoms with Gasteiger partial charge in [0, 0.05) is 13.2 Å². The first-order chi connectivity index (χ1) is 7.07. The number of rotatable bonds is 6. The van der Waals surface area contributed by atoms with Crippen LogP contribution in [0.1, 0.15) is 26.7 Å². The van der Waals surface area contributed by atoms with Crippen molar-refractivity contribution in [2.24, 2.45) is 5.84 Å². The average molecular weight is 217 g/mol. The summed E-state index contributed by atoms with van der Waals surface area (Å²) in [4.78, 5) is 21.5. The maximum Gasteiger partial charge on any atom is 0.323 e. The second-order valence-corrected chi connectivity index (χ2v) is 3.36. The molecule has 0 bridgehead atoms. The van der Waals surface area contributed by atoms with E-state index in [4.69, 9.17) is 10.6 Å². The number of ether oxygens (including phenoxy) is 1. The molecule has 4 N–H and O–H groups in total. The molecule has 0 atom stereocenters. The summed E-state index contributed by atoms with van der Waals surface area (Å²) < 4.78 is 5.31. The van der Waals surface area contributed by atoms with Crippen LogP contribution in [0.3, 0.4) is 0 Å². The predicted octanol–water partition coefficient (Wildman–Crippen LogP) is -0.702. The third-order valence-electron chi connectivity index (χ3n) is 1.65. The molecule has 0 aliphatic heterocycles. The van der Waals surface area contributed by atoms with Crippen molar-refractivity contribution < 1.29 is 14.3 Å². The highest BCUT2D eigenvalue weighted by Gasteiger charge is 2.09. The summed E-state index contributed by atoms with van der Waals surface area (Å²) in [5.41, 5.74) is 1.76. The number of unbranched alkanes of at least 4 members (excludes halogenated alkanes) is 1. The van der Waals surface area contributed by atoms with Crippen LogP contribution in [0, 0.1) is 0 Å². The van der Waals surface area contributed by atoms with Crippen molar-refractivity contribution in [2.45, 2.75) is 32.8 Å². The lowest BCUT2D eigenvalue weighted by Gasteiger charge is -2.07. The smallest absolute Gasteiger partial charge is 0.323 e. The Balaban J connectivity index is 3.31. The van der Waals surface area contributed by atoms with E-state index in [1.165, 1.54) is 0 Å². The monoisotopic (exact) mass is 217 g/mol. The molecule has 0 fully saturated rings. The summed E-state index contributed by atoms with van der Waals surface area (Å²) in [5, 5.41) is 2.43. The van der Waals surface area contributed by atoms with Crippen molar-refractivity contribution >= 4 is 11.8 Å². The van der Waals surface area contributed by atoms with Gasteiger partial charge in [0.05, 0.1) is 6.10 Å². The number of nitrogens with one attached hydrogen (secondary N) is 2. The highest BCUT2D eigenvalue weighted by atomic mass is 16.5. The van der Waals surface area contributed by atoms with E-state index in [9.17, 15) is 9.59 Å². The molecule has 0 radical (unpaired) electrons. The third-order valence-corrected chi connectivity index (χ3v) is 1.65. The quantitative estimate of drug-likeness (QED) is 0.180. The minimum Gasteiger partial charge on any atom is -0.379 e. The number of hydrogen-bond acceptors (Lipinski definition) is 4. The molecule has 6 nitrogen and oxygen atoms in total. The number of carbonyl (C=O) groups is 2. The lowest BCUT2D eigenvalue weighted by atomic mass is 10.3. The Morgan fingerprint density at radius 2 is 1.93 bits per heavy atom. The normalized spacial score (nSPS) is 10.1. The summed E-state index contributed by atoms with van der Waals surface area (Å²) in [6.45, 7) is 5.05. The zero-order chi connectivity index (χ0) is 11.7. The van der Waals surface area contributed by atoms with Gasteiger partial charge < -0.3 is 10.1 Å². The third kappa shape index (κ3) is 7.90. The average Bonchev–Trinajstić information content (AvgIpc) is 2.21. The molecular weight excluding hydrogens is 198 g/mol. The fourth-order valence-electron chi connectivity index (χ4n) is 0.894. The Morgan fingerprint density at radius 1 is 1.27 bits per heavy atom. The van der Waals surface area contributed by atoms with E-state index in [0.29, 0.717) is 13.2 Å². The van der Waals surface area contributed by atoms with Gasteiger partial charge in [0.2, 0.25) is 0 Å². The maximum absolute atomic E-state index is 10.9. The van der Waals surface area contributed by atoms with Crippen LogP contribution in [0.5, 0.6) is 0 Å². The number of hydrogen-bond donors (Lipinski definition) is 3. The van der Waals surface area contributed by atoms with Gasteiger partial charge in [-0.05, 0) is 26.7 Å². The van der Waals surface area contributed by atoms with Crippen molar-refractivity contribution in [3.05, 3.63) is 0 Å². The summed E-state index contributed by atoms with van der Waals surface area (Å²) in [6, 6.07) is 0. The van der Waals surface area contributed by atoms with Gasteiger partial charge in [-0.25, -0.2) is 5.84 Å². The molecule has 0 saturated heterocycles. The molecule has 88 valence electrons. The number of nitrogens with two attached hydrogens (primary N) is 1. The highest BCUT2D eigenvalue weighted by molar-refractivity contribution is 6.34. The van der Waals surface area contributed by atoms with Crippen molar-refractivity contribution in [1.82, 2.24) is 10.7 Å². The molecule has 15 heavy (non-hydrogen) atoms. The van der Waals surface area contributed by atoms with Crippen LogP contribution in [-0.2, 0) is 14.3 Å². The Morgan fingerprint density at radius 3 is 2.47 bits per heavy atom. The van der Waals surface area contributed by atoms with Crippen LogP contribution in [0.2, 0.25) is 0 Å². The van der Waals surface area contributed by atoms with Crippen molar-refractivity contribution in [2.75, 3.05) is 13.2 Å². The van der Waals surface area contributed by atoms with E-state index in [-0.39, 0.29) is 6.10 Å². The molecule has 0 heterocycles. The number of amides is 2. The van der Waals surface area contributed by atoms with Gasteiger partial charge in [-0.2, -0.15) is 0 Å². The second-order valence-electron chi connectivity index (χ2n) is 3.36. The fourth-order valence-corrected chi connectivity index (χ4v) is 0.894. The molecule has 0 aromatic rings. The molecule has 0 rings (SSSR count). The molecule has 0 aromatic carbocycles. The van der Waals surface area contributed by atoms with Gasteiger partial charge in [-0.1, -0.05) is 0 Å². The van der Waals surface area contributed by atoms with Gasteiger partial charge >= 0.3 is 11.8 Å². The van der Waals surface area contributed by atoms with Crippen LogP contribution < -0.4 is 16.6 Å². The number of carbonyl (C=O) groups excluding carboxylic acids is 2. The maximum atomic E-state index is 10.9. The van der Waals surface area contributed by atoms with E-state index < -0.39 is 11.8 Å². The van der Waals surface area contributed by atoms with Crippen molar-refractivity contribution in [3.63, 3.8) is 0 Å². The minimum atomic E-state index is -0.826. The summed E-state index contributed by atoms with van der Waals surface area (Å²) >= 11 is 0. The second kappa shape index (κ2) is 8.19. The summed E-state index contributed by atoms with van der Waals surface area (Å²) in [7, 11) is 0. The lowest BCUT2D eigenvalue weighted by Crippen LogP contribution is -2.43. The standard InChI is InChI=1S/C9H19N3O3/c1-7(2)15-6-4-3-5-11-8(13)9(14)12-10/h7H,3-6,10H2,1-2H3,(H,11,13)(H,12,14). The fraction of sp³-hybridized carbons (Fsp3) is 0.778. The first kappa shape index (κ1) is 13.9. The first-order valence-corrected chi connectivity index (χ1v) is 4.98. The summed E-state index contributed by atoms with van der Waals surface area (Å²) in [6.07, 6.45) is 1.85. The molecule has 0 aliphatic rings. The summed E-state index contributed by atoms with van der Waals surface area (Å²) in [5.74, 6) is 3.25. The Bertz CT molecular complexity index is 207. The van der Waals surface area contributed by atoms with Gasteiger partial charge in [-0.3, -0.25) is 15.0 Å². The van der Waals surface area contributed by atoms with Crippen molar-refractivity contribution in [3.8, 4) is 0 Å². The zero-order valence-electron chi connectivity index (χ0n) is 9.21. The predicted molar refractivity (Wildman–Crippen MR) is 55.7 cm³/mol. The Hall–Kier alpha value is -1.14. The van der Waals surface area contributed by atoms with Crippen LogP contribution in [0.4, 0.5) is 0 Å². The molecule has 6 heteroatoms. The molecule has 2 amide bonds. The Labute approximate surface area is 89.5 Å². The van der Waals surface area contributed by atoms with E-state index >= 15 is 0 Å². The van der Waals surface area contributed by atoms with Gasteiger partial charge in [0.25, 0.3) is 0 Å². The largest absolute Gasteiger partial charge is 0.379 e.